The number of nitrogens with zero attached hydrogens (tertiary/aromatic N) is 2. The van der Waals surface area contributed by atoms with E-state index in [1.165, 1.54) is 49.8 Å². The Kier molecular flexibility index (Phi) is 5.73. The SMILES string of the molecule is C=C(C)c1ccc(-n2c3ccccc3c3c(-c4nc5ccc(F)cc5[nH]4)cccc32)cc1NC1CCCCC1. The topological polar surface area (TPSA) is 45.6 Å². The van der Waals surface area contributed by atoms with Crippen molar-refractivity contribution in [3.05, 3.63) is 96.8 Å². The monoisotopic (exact) mass is 514 g/mol. The van der Waals surface area contributed by atoms with Crippen LogP contribution in [0.1, 0.15) is 44.6 Å². The van der Waals surface area contributed by atoms with Gasteiger partial charge in [0.2, 0.25) is 0 Å². The van der Waals surface area contributed by atoms with E-state index in [0.29, 0.717) is 11.6 Å². The number of benzene rings is 4. The number of aromatic nitrogens is 3. The van der Waals surface area contributed by atoms with Gasteiger partial charge in [0, 0.05) is 39.3 Å². The summed E-state index contributed by atoms with van der Waals surface area (Å²) in [4.78, 5) is 8.17. The summed E-state index contributed by atoms with van der Waals surface area (Å²) in [5.41, 5.74) is 9.16. The van der Waals surface area contributed by atoms with Gasteiger partial charge >= 0.3 is 0 Å². The molecule has 0 atom stereocenters. The van der Waals surface area contributed by atoms with Crippen molar-refractivity contribution in [2.75, 3.05) is 5.32 Å². The number of anilines is 1. The lowest BCUT2D eigenvalue weighted by atomic mass is 9.94. The number of hydrogen-bond donors (Lipinski definition) is 2. The zero-order valence-electron chi connectivity index (χ0n) is 22.1. The lowest BCUT2D eigenvalue weighted by molar-refractivity contribution is 0.462. The lowest BCUT2D eigenvalue weighted by Gasteiger charge is -2.26. The quantitative estimate of drug-likeness (QED) is 0.241. The van der Waals surface area contributed by atoms with Crippen molar-refractivity contribution in [1.82, 2.24) is 14.5 Å². The summed E-state index contributed by atoms with van der Waals surface area (Å²) >= 11 is 0. The summed E-state index contributed by atoms with van der Waals surface area (Å²) in [6.45, 7) is 6.34. The molecule has 1 fully saturated rings. The number of aromatic amines is 1. The minimum absolute atomic E-state index is 0.275. The Morgan fingerprint density at radius 2 is 1.77 bits per heavy atom. The maximum absolute atomic E-state index is 13.9. The van der Waals surface area contributed by atoms with Crippen LogP contribution in [0.5, 0.6) is 0 Å². The molecule has 4 nitrogen and oxygen atoms in total. The van der Waals surface area contributed by atoms with Gasteiger partial charge in [-0.05, 0) is 67.8 Å². The van der Waals surface area contributed by atoms with Crippen molar-refractivity contribution in [3.8, 4) is 17.1 Å². The van der Waals surface area contributed by atoms with E-state index in [1.807, 2.05) is 0 Å². The van der Waals surface area contributed by atoms with Crippen LogP contribution in [0.15, 0.2) is 85.4 Å². The first-order chi connectivity index (χ1) is 19.1. The molecule has 4 aromatic carbocycles. The van der Waals surface area contributed by atoms with Gasteiger partial charge in [-0.2, -0.15) is 0 Å². The Balaban J connectivity index is 1.43. The zero-order valence-corrected chi connectivity index (χ0v) is 22.1. The van der Waals surface area contributed by atoms with Crippen LogP contribution >= 0.6 is 0 Å². The van der Waals surface area contributed by atoms with Crippen LogP contribution in [0.2, 0.25) is 0 Å². The molecule has 0 spiro atoms. The average molecular weight is 515 g/mol. The molecule has 2 heterocycles. The fraction of sp³-hybridized carbons (Fsp3) is 0.206. The summed E-state index contributed by atoms with van der Waals surface area (Å²) in [5, 5.41) is 6.14. The van der Waals surface area contributed by atoms with E-state index >= 15 is 0 Å². The lowest BCUT2D eigenvalue weighted by Crippen LogP contribution is -2.22. The molecular weight excluding hydrogens is 483 g/mol. The molecule has 2 aromatic heterocycles. The summed E-state index contributed by atoms with van der Waals surface area (Å²) in [6, 6.07) is 26.7. The zero-order chi connectivity index (χ0) is 26.5. The van der Waals surface area contributed by atoms with Gasteiger partial charge in [-0.15, -0.1) is 0 Å². The highest BCUT2D eigenvalue weighted by Crippen LogP contribution is 2.39. The highest BCUT2D eigenvalue weighted by molar-refractivity contribution is 6.15. The van der Waals surface area contributed by atoms with Gasteiger partial charge in [0.05, 0.1) is 22.1 Å². The Morgan fingerprint density at radius 1 is 0.949 bits per heavy atom. The number of H-pyrrole nitrogens is 1. The summed E-state index contributed by atoms with van der Waals surface area (Å²) in [7, 11) is 0. The third kappa shape index (κ3) is 4.09. The molecule has 39 heavy (non-hydrogen) atoms. The second kappa shape index (κ2) is 9.42. The second-order valence-corrected chi connectivity index (χ2v) is 10.8. The molecule has 1 aliphatic rings. The largest absolute Gasteiger partial charge is 0.382 e. The number of fused-ring (bicyclic) bond motifs is 4. The normalized spacial score (nSPS) is 14.4. The van der Waals surface area contributed by atoms with Crippen LogP contribution in [0, 0.1) is 5.82 Å². The number of imidazole rings is 1. The van der Waals surface area contributed by atoms with Crippen LogP contribution in [0.4, 0.5) is 10.1 Å². The number of hydrogen-bond acceptors (Lipinski definition) is 2. The van der Waals surface area contributed by atoms with Crippen molar-refractivity contribution in [1.29, 1.82) is 0 Å². The summed E-state index contributed by atoms with van der Waals surface area (Å²) < 4.78 is 16.2. The molecule has 0 unspecified atom stereocenters. The molecule has 0 bridgehead atoms. The van der Waals surface area contributed by atoms with Gasteiger partial charge in [0.15, 0.2) is 0 Å². The van der Waals surface area contributed by atoms with Crippen molar-refractivity contribution >= 4 is 44.1 Å². The van der Waals surface area contributed by atoms with Gasteiger partial charge in [-0.25, -0.2) is 9.37 Å². The van der Waals surface area contributed by atoms with Crippen LogP contribution in [-0.4, -0.2) is 20.6 Å². The molecule has 0 radical (unpaired) electrons. The Labute approximate surface area is 227 Å². The minimum atomic E-state index is -0.275. The Bertz CT molecular complexity index is 1870. The smallest absolute Gasteiger partial charge is 0.139 e. The molecule has 0 aliphatic heterocycles. The number of allylic oxidation sites excluding steroid dienone is 1. The fourth-order valence-electron chi connectivity index (χ4n) is 6.23. The van der Waals surface area contributed by atoms with Crippen LogP contribution in [0.3, 0.4) is 0 Å². The Hall–Kier alpha value is -4.38. The molecule has 5 heteroatoms. The van der Waals surface area contributed by atoms with Gasteiger partial charge in [-0.1, -0.05) is 62.2 Å². The minimum Gasteiger partial charge on any atom is -0.382 e. The van der Waals surface area contributed by atoms with Crippen LogP contribution < -0.4 is 5.32 Å². The number of halogens is 1. The van der Waals surface area contributed by atoms with Crippen molar-refractivity contribution in [3.63, 3.8) is 0 Å². The molecule has 2 N–H and O–H groups in total. The average Bonchev–Trinajstić information content (AvgIpc) is 3.52. The number of nitrogens with one attached hydrogen (secondary N) is 2. The van der Waals surface area contributed by atoms with E-state index in [-0.39, 0.29) is 5.82 Å². The Morgan fingerprint density at radius 3 is 2.62 bits per heavy atom. The summed E-state index contributed by atoms with van der Waals surface area (Å²) in [5.74, 6) is 0.463. The highest BCUT2D eigenvalue weighted by atomic mass is 19.1. The third-order valence-electron chi connectivity index (χ3n) is 8.08. The van der Waals surface area contributed by atoms with Gasteiger partial charge in [0.1, 0.15) is 11.6 Å². The van der Waals surface area contributed by atoms with Crippen LogP contribution in [-0.2, 0) is 0 Å². The van der Waals surface area contributed by atoms with E-state index < -0.39 is 0 Å². The van der Waals surface area contributed by atoms with Crippen molar-refractivity contribution in [2.24, 2.45) is 0 Å². The molecule has 1 aliphatic carbocycles. The van der Waals surface area contributed by atoms with E-state index in [9.17, 15) is 4.39 Å². The molecule has 1 saturated carbocycles. The van der Waals surface area contributed by atoms with Crippen LogP contribution in [0.25, 0.3) is 55.5 Å². The van der Waals surface area contributed by atoms with E-state index in [2.05, 4.69) is 89.0 Å². The first kappa shape index (κ1) is 23.7. The van der Waals surface area contributed by atoms with Crippen molar-refractivity contribution < 1.29 is 4.39 Å². The number of para-hydroxylation sites is 1. The molecule has 6 aromatic rings. The predicted molar refractivity (Wildman–Crippen MR) is 161 cm³/mol. The fourth-order valence-corrected chi connectivity index (χ4v) is 6.23. The second-order valence-electron chi connectivity index (χ2n) is 10.8. The number of rotatable bonds is 5. The van der Waals surface area contributed by atoms with Gasteiger partial charge in [-0.3, -0.25) is 0 Å². The molecule has 0 amide bonds. The third-order valence-corrected chi connectivity index (χ3v) is 8.08. The summed E-state index contributed by atoms with van der Waals surface area (Å²) in [6.07, 6.45) is 6.31. The van der Waals surface area contributed by atoms with E-state index in [4.69, 9.17) is 4.98 Å². The van der Waals surface area contributed by atoms with Gasteiger partial charge < -0.3 is 14.9 Å². The van der Waals surface area contributed by atoms with Gasteiger partial charge in [0.25, 0.3) is 0 Å². The highest BCUT2D eigenvalue weighted by Gasteiger charge is 2.20. The molecule has 194 valence electrons. The first-order valence-electron chi connectivity index (χ1n) is 13.8. The predicted octanol–water partition coefficient (Wildman–Crippen LogP) is 9.24. The molecule has 7 rings (SSSR count). The molecular formula is C34H31FN4. The van der Waals surface area contributed by atoms with E-state index in [0.717, 1.165) is 55.7 Å². The maximum atomic E-state index is 13.9. The van der Waals surface area contributed by atoms with E-state index in [1.54, 1.807) is 6.07 Å². The van der Waals surface area contributed by atoms with Crippen molar-refractivity contribution in [2.45, 2.75) is 45.1 Å². The standard InChI is InChI=1S/C34H31FN4/c1-21(2)25-17-16-24(20-29(25)36-23-9-4-3-5-10-23)39-31-13-7-6-11-26(31)33-27(12-8-14-32(33)39)34-37-28-18-15-22(35)19-30(28)38-34/h6-8,11-20,23,36H,1,3-5,9-10H2,2H3,(H,37,38). The molecule has 0 saturated heterocycles. The maximum Gasteiger partial charge on any atom is 0.139 e. The first-order valence-corrected chi connectivity index (χ1v) is 13.8.